The number of hydrogen-bond acceptors (Lipinski definition) is 3. The molecule has 5 nitrogen and oxygen atoms in total. The first-order valence-corrected chi connectivity index (χ1v) is 6.43. The van der Waals surface area contributed by atoms with Gasteiger partial charge in [0.25, 0.3) is 0 Å². The minimum Gasteiger partial charge on any atom is -0.444 e. The topological polar surface area (TPSA) is 54.1 Å². The molecular formula is C14H13F3N2O3. The number of carbonyl (C=O) groups excluding carboxylic acids is 1. The maximum absolute atomic E-state index is 13.0. The molecule has 1 aliphatic heterocycles. The highest BCUT2D eigenvalue weighted by Crippen LogP contribution is 2.40. The monoisotopic (exact) mass is 314 g/mol. The molecule has 2 rings (SSSR count). The highest BCUT2D eigenvalue weighted by Gasteiger charge is 2.44. The second kappa shape index (κ2) is 5.50. The van der Waals surface area contributed by atoms with Crippen LogP contribution in [0.25, 0.3) is 4.85 Å². The molecule has 0 aromatic heterocycles. The van der Waals surface area contributed by atoms with Gasteiger partial charge in [-0.3, -0.25) is 4.90 Å². The SMILES string of the molecule is [C-]#[N+]c1ccc(N2C(=O)O[C@@H](C)[C@@H]2[C@@H](C)O)cc1C(F)(F)F. The number of ether oxygens (including phenoxy) is 1. The Morgan fingerprint density at radius 1 is 1.45 bits per heavy atom. The van der Waals surface area contributed by atoms with Crippen molar-refractivity contribution in [2.24, 2.45) is 0 Å². The van der Waals surface area contributed by atoms with Gasteiger partial charge in [-0.15, -0.1) is 0 Å². The predicted molar refractivity (Wildman–Crippen MR) is 71.6 cm³/mol. The van der Waals surface area contributed by atoms with Crippen molar-refractivity contribution in [3.8, 4) is 0 Å². The third kappa shape index (κ3) is 2.72. The highest BCUT2D eigenvalue weighted by molar-refractivity contribution is 5.91. The van der Waals surface area contributed by atoms with Gasteiger partial charge in [-0.1, -0.05) is 6.07 Å². The summed E-state index contributed by atoms with van der Waals surface area (Å²) in [5.74, 6) is 0. The second-order valence-corrected chi connectivity index (χ2v) is 5.00. The number of benzene rings is 1. The number of halogens is 3. The average molecular weight is 314 g/mol. The van der Waals surface area contributed by atoms with E-state index in [4.69, 9.17) is 11.3 Å². The van der Waals surface area contributed by atoms with E-state index in [9.17, 15) is 23.1 Å². The first kappa shape index (κ1) is 16.1. The van der Waals surface area contributed by atoms with Crippen molar-refractivity contribution in [3.63, 3.8) is 0 Å². The molecule has 1 amide bonds. The van der Waals surface area contributed by atoms with E-state index in [1.54, 1.807) is 6.92 Å². The summed E-state index contributed by atoms with van der Waals surface area (Å²) in [6.07, 6.45) is -7.20. The molecule has 3 atom stereocenters. The molecule has 8 heteroatoms. The lowest BCUT2D eigenvalue weighted by Gasteiger charge is -2.26. The van der Waals surface area contributed by atoms with Crippen LogP contribution in [0.2, 0.25) is 0 Å². The van der Waals surface area contributed by atoms with Crippen molar-refractivity contribution in [1.29, 1.82) is 0 Å². The van der Waals surface area contributed by atoms with Crippen molar-refractivity contribution < 1.29 is 27.8 Å². The zero-order valence-electron chi connectivity index (χ0n) is 11.8. The van der Waals surface area contributed by atoms with Gasteiger partial charge in [0.2, 0.25) is 0 Å². The molecule has 1 N–H and O–H groups in total. The molecule has 1 heterocycles. The molecule has 1 aromatic rings. The average Bonchev–Trinajstić information content (AvgIpc) is 2.71. The Morgan fingerprint density at radius 3 is 2.59 bits per heavy atom. The number of rotatable bonds is 2. The van der Waals surface area contributed by atoms with E-state index in [0.29, 0.717) is 0 Å². The highest BCUT2D eigenvalue weighted by atomic mass is 19.4. The number of alkyl halides is 3. The Kier molecular flexibility index (Phi) is 4.02. The van der Waals surface area contributed by atoms with Crippen LogP contribution < -0.4 is 4.90 Å². The summed E-state index contributed by atoms with van der Waals surface area (Å²) >= 11 is 0. The summed E-state index contributed by atoms with van der Waals surface area (Å²) in [6.45, 7) is 9.78. The van der Waals surface area contributed by atoms with E-state index in [1.165, 1.54) is 13.0 Å². The Hall–Kier alpha value is -2.27. The van der Waals surface area contributed by atoms with E-state index in [1.807, 2.05) is 0 Å². The number of amides is 1. The second-order valence-electron chi connectivity index (χ2n) is 5.00. The van der Waals surface area contributed by atoms with Gasteiger partial charge in [-0.05, 0) is 26.0 Å². The lowest BCUT2D eigenvalue weighted by molar-refractivity contribution is -0.136. The molecule has 1 aliphatic rings. The minimum atomic E-state index is -4.72. The molecule has 1 saturated heterocycles. The molecule has 0 bridgehead atoms. The summed E-state index contributed by atoms with van der Waals surface area (Å²) in [6, 6.07) is 2.16. The first-order valence-electron chi connectivity index (χ1n) is 6.43. The van der Waals surface area contributed by atoms with Gasteiger partial charge in [-0.25, -0.2) is 9.64 Å². The van der Waals surface area contributed by atoms with Crippen molar-refractivity contribution >= 4 is 17.5 Å². The summed E-state index contributed by atoms with van der Waals surface area (Å²) in [7, 11) is 0. The van der Waals surface area contributed by atoms with Crippen LogP contribution in [-0.4, -0.2) is 29.4 Å². The largest absolute Gasteiger partial charge is 0.444 e. The molecule has 118 valence electrons. The number of nitrogens with zero attached hydrogens (tertiary/aromatic N) is 2. The van der Waals surface area contributed by atoms with Gasteiger partial charge in [-0.2, -0.15) is 13.2 Å². The predicted octanol–water partition coefficient (Wildman–Crippen LogP) is 3.35. The molecule has 1 fully saturated rings. The summed E-state index contributed by atoms with van der Waals surface area (Å²) < 4.78 is 44.0. The van der Waals surface area contributed by atoms with Gasteiger partial charge >= 0.3 is 12.3 Å². The Balaban J connectivity index is 2.53. The van der Waals surface area contributed by atoms with E-state index in [2.05, 4.69) is 4.85 Å². The van der Waals surface area contributed by atoms with E-state index in [-0.39, 0.29) is 5.69 Å². The number of aliphatic hydroxyl groups is 1. The summed E-state index contributed by atoms with van der Waals surface area (Å²) in [4.78, 5) is 15.7. The molecule has 0 aliphatic carbocycles. The standard InChI is InChI=1S/C14H13F3N2O3/c1-7(20)12-8(2)22-13(21)19(12)9-4-5-11(18-3)10(6-9)14(15,16)17/h4-8,12,20H,1-2H3/t7-,8+,12+/m1/s1. The molecule has 0 radical (unpaired) electrons. The van der Waals surface area contributed by atoms with E-state index in [0.717, 1.165) is 17.0 Å². The fourth-order valence-corrected chi connectivity index (χ4v) is 2.50. The van der Waals surface area contributed by atoms with Crippen molar-refractivity contribution in [3.05, 3.63) is 35.2 Å². The van der Waals surface area contributed by atoms with Crippen molar-refractivity contribution in [2.75, 3.05) is 4.90 Å². The van der Waals surface area contributed by atoms with Gasteiger partial charge in [0.1, 0.15) is 12.1 Å². The van der Waals surface area contributed by atoms with Crippen LogP contribution in [0.5, 0.6) is 0 Å². The summed E-state index contributed by atoms with van der Waals surface area (Å²) in [5, 5.41) is 9.76. The van der Waals surface area contributed by atoms with Gasteiger partial charge in [0, 0.05) is 5.69 Å². The van der Waals surface area contributed by atoms with Gasteiger partial charge < -0.3 is 9.84 Å². The Labute approximate surface area is 124 Å². The number of cyclic esters (lactones) is 1. The van der Waals surface area contributed by atoms with Crippen LogP contribution in [0.15, 0.2) is 18.2 Å². The maximum atomic E-state index is 13.0. The number of anilines is 1. The smallest absolute Gasteiger partial charge is 0.415 e. The number of aliphatic hydroxyl groups excluding tert-OH is 1. The van der Waals surface area contributed by atoms with E-state index < -0.39 is 41.8 Å². The van der Waals surface area contributed by atoms with Crippen LogP contribution in [0.1, 0.15) is 19.4 Å². The Morgan fingerprint density at radius 2 is 2.09 bits per heavy atom. The Bertz CT molecular complexity index is 637. The fourth-order valence-electron chi connectivity index (χ4n) is 2.50. The number of carbonyl (C=O) groups is 1. The van der Waals surface area contributed by atoms with Crippen LogP contribution in [0.3, 0.4) is 0 Å². The summed E-state index contributed by atoms with van der Waals surface area (Å²) in [5.41, 5.74) is -1.75. The minimum absolute atomic E-state index is 0.0695. The molecule has 1 aromatic carbocycles. The van der Waals surface area contributed by atoms with Gasteiger partial charge in [0.15, 0.2) is 5.69 Å². The van der Waals surface area contributed by atoms with Crippen molar-refractivity contribution in [1.82, 2.24) is 0 Å². The van der Waals surface area contributed by atoms with E-state index >= 15 is 0 Å². The fraction of sp³-hybridized carbons (Fsp3) is 0.429. The van der Waals surface area contributed by atoms with Crippen LogP contribution in [0, 0.1) is 6.57 Å². The zero-order chi connectivity index (χ0) is 16.7. The molecule has 0 spiro atoms. The molecule has 0 unspecified atom stereocenters. The third-order valence-corrected chi connectivity index (χ3v) is 3.44. The van der Waals surface area contributed by atoms with Crippen LogP contribution >= 0.6 is 0 Å². The lowest BCUT2D eigenvalue weighted by Crippen LogP contribution is -2.43. The van der Waals surface area contributed by atoms with Crippen molar-refractivity contribution in [2.45, 2.75) is 38.3 Å². The lowest BCUT2D eigenvalue weighted by atomic mass is 10.0. The van der Waals surface area contributed by atoms with Crippen LogP contribution in [-0.2, 0) is 10.9 Å². The molecule has 22 heavy (non-hydrogen) atoms. The molecule has 0 saturated carbocycles. The quantitative estimate of drug-likeness (QED) is 0.852. The van der Waals surface area contributed by atoms with Crippen LogP contribution in [0.4, 0.5) is 29.3 Å². The number of hydrogen-bond donors (Lipinski definition) is 1. The molecular weight excluding hydrogens is 301 g/mol. The maximum Gasteiger partial charge on any atom is 0.415 e. The third-order valence-electron chi connectivity index (χ3n) is 3.44. The van der Waals surface area contributed by atoms with Gasteiger partial charge in [0.05, 0.1) is 18.2 Å². The zero-order valence-corrected chi connectivity index (χ0v) is 11.8. The first-order chi connectivity index (χ1) is 10.2. The normalized spacial score (nSPS) is 23.1.